The van der Waals surface area contributed by atoms with Crippen LogP contribution in [-0.4, -0.2) is 35.1 Å². The van der Waals surface area contributed by atoms with E-state index in [0.29, 0.717) is 16.9 Å². The average Bonchev–Trinajstić information content (AvgIpc) is 3.20. The number of aromatic nitrogens is 1. The number of para-hydroxylation sites is 1. The molecule has 0 saturated carbocycles. The molecular formula is C25H24N2O6. The molecule has 0 radical (unpaired) electrons. The fourth-order valence-corrected chi connectivity index (χ4v) is 4.02. The number of ether oxygens (including phenoxy) is 1. The van der Waals surface area contributed by atoms with Crippen LogP contribution in [0.1, 0.15) is 23.1 Å². The zero-order chi connectivity index (χ0) is 23.5. The second-order valence-electron chi connectivity index (χ2n) is 7.88. The predicted molar refractivity (Wildman–Crippen MR) is 124 cm³/mol. The first-order chi connectivity index (χ1) is 15.9. The van der Waals surface area contributed by atoms with Crippen molar-refractivity contribution in [3.63, 3.8) is 0 Å². The summed E-state index contributed by atoms with van der Waals surface area (Å²) in [6.45, 7) is 1.80. The highest BCUT2D eigenvalue weighted by atomic mass is 16.5. The van der Waals surface area contributed by atoms with Crippen molar-refractivity contribution in [1.82, 2.24) is 10.3 Å². The summed E-state index contributed by atoms with van der Waals surface area (Å²) in [5, 5.41) is 13.9. The minimum absolute atomic E-state index is 0.0368. The first kappa shape index (κ1) is 22.1. The Balaban J connectivity index is 1.47. The molecular weight excluding hydrogens is 424 g/mol. The van der Waals surface area contributed by atoms with Crippen LogP contribution in [0.5, 0.6) is 5.75 Å². The lowest BCUT2D eigenvalue weighted by atomic mass is 10.0. The maximum absolute atomic E-state index is 12.6. The Labute approximate surface area is 189 Å². The summed E-state index contributed by atoms with van der Waals surface area (Å²) >= 11 is 0. The molecule has 1 unspecified atom stereocenters. The number of carboxylic acid groups (broad SMARTS) is 1. The molecule has 0 aliphatic carbocycles. The number of hydrogen-bond donors (Lipinski definition) is 3. The van der Waals surface area contributed by atoms with Gasteiger partial charge in [-0.2, -0.15) is 0 Å². The molecule has 8 nitrogen and oxygen atoms in total. The van der Waals surface area contributed by atoms with Gasteiger partial charge in [-0.25, -0.2) is 9.59 Å². The first-order valence-corrected chi connectivity index (χ1v) is 10.5. The molecule has 2 aromatic heterocycles. The van der Waals surface area contributed by atoms with Crippen LogP contribution in [0, 0.1) is 6.92 Å². The van der Waals surface area contributed by atoms with Gasteiger partial charge in [-0.15, -0.1) is 0 Å². The van der Waals surface area contributed by atoms with Crippen molar-refractivity contribution in [2.24, 2.45) is 0 Å². The first-order valence-electron chi connectivity index (χ1n) is 10.5. The van der Waals surface area contributed by atoms with Gasteiger partial charge in [0.1, 0.15) is 17.4 Å². The summed E-state index contributed by atoms with van der Waals surface area (Å²) in [7, 11) is 1.53. The lowest BCUT2D eigenvalue weighted by Crippen LogP contribution is -2.42. The van der Waals surface area contributed by atoms with E-state index >= 15 is 0 Å². The smallest absolute Gasteiger partial charge is 0.339 e. The van der Waals surface area contributed by atoms with Gasteiger partial charge in [0.15, 0.2) is 0 Å². The molecule has 0 aliphatic rings. The summed E-state index contributed by atoms with van der Waals surface area (Å²) in [5.41, 5.74) is 2.72. The molecule has 170 valence electrons. The lowest BCUT2D eigenvalue weighted by Gasteiger charge is -2.15. The molecule has 0 bridgehead atoms. The number of methoxy groups -OCH3 is 1. The van der Waals surface area contributed by atoms with Gasteiger partial charge in [0.05, 0.1) is 7.11 Å². The number of carbonyl (C=O) groups excluding carboxylic acids is 1. The average molecular weight is 448 g/mol. The number of benzene rings is 2. The second kappa shape index (κ2) is 9.20. The zero-order valence-electron chi connectivity index (χ0n) is 18.3. The van der Waals surface area contributed by atoms with Crippen LogP contribution in [0.15, 0.2) is 57.9 Å². The van der Waals surface area contributed by atoms with E-state index in [9.17, 15) is 19.5 Å². The Morgan fingerprint density at radius 1 is 1.18 bits per heavy atom. The fourth-order valence-electron chi connectivity index (χ4n) is 4.02. The van der Waals surface area contributed by atoms with Crippen molar-refractivity contribution >= 4 is 33.7 Å². The normalized spacial score (nSPS) is 12.1. The highest BCUT2D eigenvalue weighted by Gasteiger charge is 2.22. The van der Waals surface area contributed by atoms with Gasteiger partial charge in [-0.3, -0.25) is 4.79 Å². The van der Waals surface area contributed by atoms with E-state index in [-0.39, 0.29) is 19.3 Å². The minimum atomic E-state index is -1.12. The molecule has 4 aromatic rings. The number of H-pyrrole nitrogens is 1. The third-order valence-electron chi connectivity index (χ3n) is 5.83. The molecule has 0 aliphatic heterocycles. The van der Waals surface area contributed by atoms with Crippen molar-refractivity contribution in [3.05, 3.63) is 75.8 Å². The third kappa shape index (κ3) is 4.59. The fraction of sp³-hybridized carbons (Fsp3) is 0.240. The van der Waals surface area contributed by atoms with E-state index < -0.39 is 23.5 Å². The highest BCUT2D eigenvalue weighted by Crippen LogP contribution is 2.24. The van der Waals surface area contributed by atoms with Crippen LogP contribution in [0.3, 0.4) is 0 Å². The summed E-state index contributed by atoms with van der Waals surface area (Å²) in [6.07, 6.45) is 2.00. The number of aliphatic carboxylic acids is 1. The Morgan fingerprint density at radius 3 is 2.73 bits per heavy atom. The van der Waals surface area contributed by atoms with Crippen molar-refractivity contribution in [2.45, 2.75) is 32.2 Å². The number of aryl methyl sites for hydroxylation is 1. The number of aromatic amines is 1. The standard InChI is InChI=1S/C25H24N2O6/c1-14-17-8-7-16(32-2)12-22(17)33-25(31)18(14)9-10-23(28)27-21(24(29)30)11-15-13-26-20-6-4-3-5-19(15)20/h3-8,12-13,21,26H,9-11H2,1-2H3,(H,27,28)(H,29,30). The monoisotopic (exact) mass is 448 g/mol. The van der Waals surface area contributed by atoms with Gasteiger partial charge in [0, 0.05) is 47.0 Å². The van der Waals surface area contributed by atoms with E-state index in [1.165, 1.54) is 7.11 Å². The number of rotatable bonds is 8. The van der Waals surface area contributed by atoms with Gasteiger partial charge in [0.2, 0.25) is 5.91 Å². The van der Waals surface area contributed by atoms with Gasteiger partial charge < -0.3 is 24.6 Å². The molecule has 8 heteroatoms. The van der Waals surface area contributed by atoms with Crippen molar-refractivity contribution in [3.8, 4) is 5.75 Å². The quantitative estimate of drug-likeness (QED) is 0.356. The molecule has 3 N–H and O–H groups in total. The molecule has 33 heavy (non-hydrogen) atoms. The summed E-state index contributed by atoms with van der Waals surface area (Å²) in [4.78, 5) is 39.9. The van der Waals surface area contributed by atoms with Crippen molar-refractivity contribution < 1.29 is 23.8 Å². The topological polar surface area (TPSA) is 122 Å². The van der Waals surface area contributed by atoms with Gasteiger partial charge in [-0.1, -0.05) is 18.2 Å². The van der Waals surface area contributed by atoms with Crippen molar-refractivity contribution in [1.29, 1.82) is 0 Å². The van der Waals surface area contributed by atoms with Gasteiger partial charge >= 0.3 is 11.6 Å². The number of fused-ring (bicyclic) bond motifs is 2. The Bertz CT molecular complexity index is 1400. The third-order valence-corrected chi connectivity index (χ3v) is 5.83. The Kier molecular flexibility index (Phi) is 6.17. The van der Waals surface area contributed by atoms with Crippen molar-refractivity contribution in [2.75, 3.05) is 7.11 Å². The highest BCUT2D eigenvalue weighted by molar-refractivity contribution is 5.87. The molecule has 2 aromatic carbocycles. The molecule has 0 saturated heterocycles. The zero-order valence-corrected chi connectivity index (χ0v) is 18.3. The molecule has 0 fully saturated rings. The lowest BCUT2D eigenvalue weighted by molar-refractivity contribution is -0.141. The van der Waals surface area contributed by atoms with Crippen LogP contribution in [-0.2, 0) is 22.4 Å². The second-order valence-corrected chi connectivity index (χ2v) is 7.88. The Hall–Kier alpha value is -4.07. The number of amides is 1. The number of hydrogen-bond acceptors (Lipinski definition) is 5. The van der Waals surface area contributed by atoms with Gasteiger partial charge in [-0.05, 0) is 42.7 Å². The largest absolute Gasteiger partial charge is 0.497 e. The van der Waals surface area contributed by atoms with Crippen LogP contribution < -0.4 is 15.7 Å². The van der Waals surface area contributed by atoms with E-state index in [2.05, 4.69) is 10.3 Å². The Morgan fingerprint density at radius 2 is 1.97 bits per heavy atom. The van der Waals surface area contributed by atoms with E-state index in [0.717, 1.165) is 27.4 Å². The number of carbonyl (C=O) groups is 2. The molecule has 0 spiro atoms. The summed E-state index contributed by atoms with van der Waals surface area (Å²) in [5.74, 6) is -0.994. The maximum Gasteiger partial charge on any atom is 0.339 e. The van der Waals surface area contributed by atoms with Crippen LogP contribution in [0.2, 0.25) is 0 Å². The van der Waals surface area contributed by atoms with Crippen LogP contribution in [0.25, 0.3) is 21.9 Å². The van der Waals surface area contributed by atoms with E-state index in [4.69, 9.17) is 9.15 Å². The minimum Gasteiger partial charge on any atom is -0.497 e. The molecule has 1 atom stereocenters. The van der Waals surface area contributed by atoms with Crippen LogP contribution in [0.4, 0.5) is 0 Å². The predicted octanol–water partition coefficient (Wildman–Crippen LogP) is 3.34. The SMILES string of the molecule is COc1ccc2c(C)c(CCC(=O)NC(Cc3c[nH]c4ccccc34)C(=O)O)c(=O)oc2c1. The number of carboxylic acids is 1. The van der Waals surface area contributed by atoms with Gasteiger partial charge in [0.25, 0.3) is 0 Å². The summed E-state index contributed by atoms with van der Waals surface area (Å²) < 4.78 is 10.6. The summed E-state index contributed by atoms with van der Waals surface area (Å²) in [6, 6.07) is 11.7. The maximum atomic E-state index is 12.6. The van der Waals surface area contributed by atoms with E-state index in [1.807, 2.05) is 24.3 Å². The molecule has 4 rings (SSSR count). The molecule has 2 heterocycles. The van der Waals surface area contributed by atoms with E-state index in [1.54, 1.807) is 31.3 Å². The number of nitrogens with one attached hydrogen (secondary N) is 2. The molecule has 1 amide bonds. The van der Waals surface area contributed by atoms with Crippen LogP contribution >= 0.6 is 0 Å².